The van der Waals surface area contributed by atoms with Crippen LogP contribution in [0, 0.1) is 29.6 Å². The first-order chi connectivity index (χ1) is 9.83. The third-order valence-electron chi connectivity index (χ3n) is 6.22. The van der Waals surface area contributed by atoms with Crippen molar-refractivity contribution in [3.8, 4) is 0 Å². The molecule has 0 saturated heterocycles. The van der Waals surface area contributed by atoms with E-state index in [1.807, 2.05) is 12.3 Å². The zero-order valence-electron chi connectivity index (χ0n) is 11.6. The normalized spacial score (nSPS) is 39.0. The molecule has 5 unspecified atom stereocenters. The molecule has 0 spiro atoms. The summed E-state index contributed by atoms with van der Waals surface area (Å²) >= 11 is 0. The monoisotopic (exact) mass is 264 g/mol. The van der Waals surface area contributed by atoms with Gasteiger partial charge in [-0.1, -0.05) is 12.1 Å². The fourth-order valence-electron chi connectivity index (χ4n) is 5.40. The van der Waals surface area contributed by atoms with Gasteiger partial charge in [-0.05, 0) is 72.6 Å². The molecule has 1 aromatic carbocycles. The van der Waals surface area contributed by atoms with Crippen molar-refractivity contribution >= 4 is 10.9 Å². The molecule has 0 aliphatic heterocycles. The lowest BCUT2D eigenvalue weighted by Crippen LogP contribution is -2.17. The Labute approximate surface area is 119 Å². The van der Waals surface area contributed by atoms with Crippen LogP contribution in [-0.4, -0.2) is 4.98 Å². The van der Waals surface area contributed by atoms with Crippen LogP contribution in [0.1, 0.15) is 30.9 Å². The Morgan fingerprint density at radius 3 is 2.70 bits per heavy atom. The molecular weight excluding hydrogens is 244 g/mol. The summed E-state index contributed by atoms with van der Waals surface area (Å²) in [6, 6.07) is 10.9. The number of pyridine rings is 1. The maximum Gasteiger partial charge on any atom is 0.0702 e. The molecular formula is C18H20N2. The number of fused-ring (bicyclic) bond motifs is 6. The smallest absolute Gasteiger partial charge is 0.0702 e. The van der Waals surface area contributed by atoms with Crippen LogP contribution in [0.5, 0.6) is 0 Å². The molecule has 1 heterocycles. The Bertz CT molecular complexity index is 664. The maximum absolute atomic E-state index is 6.61. The fourth-order valence-corrected chi connectivity index (χ4v) is 5.40. The molecule has 5 atom stereocenters. The van der Waals surface area contributed by atoms with Crippen molar-refractivity contribution in [3.63, 3.8) is 0 Å². The van der Waals surface area contributed by atoms with Crippen LogP contribution < -0.4 is 5.73 Å². The van der Waals surface area contributed by atoms with Gasteiger partial charge in [-0.3, -0.25) is 4.98 Å². The molecule has 20 heavy (non-hydrogen) atoms. The SMILES string of the molecule is NC(c1ccc2ncccc2c1)C1C2C3CCC(C3)C21. The first-order valence-corrected chi connectivity index (χ1v) is 7.93. The minimum atomic E-state index is 0.234. The van der Waals surface area contributed by atoms with E-state index in [2.05, 4.69) is 29.2 Å². The van der Waals surface area contributed by atoms with Gasteiger partial charge in [0.25, 0.3) is 0 Å². The molecule has 3 fully saturated rings. The molecule has 3 saturated carbocycles. The van der Waals surface area contributed by atoms with Gasteiger partial charge in [0.15, 0.2) is 0 Å². The van der Waals surface area contributed by atoms with Crippen LogP contribution >= 0.6 is 0 Å². The Balaban J connectivity index is 1.47. The molecule has 2 N–H and O–H groups in total. The molecule has 0 amide bonds. The van der Waals surface area contributed by atoms with E-state index in [4.69, 9.17) is 5.73 Å². The van der Waals surface area contributed by atoms with Gasteiger partial charge >= 0.3 is 0 Å². The van der Waals surface area contributed by atoms with Crippen molar-refractivity contribution in [3.05, 3.63) is 42.1 Å². The zero-order valence-corrected chi connectivity index (χ0v) is 11.6. The van der Waals surface area contributed by atoms with E-state index >= 15 is 0 Å². The van der Waals surface area contributed by atoms with Gasteiger partial charge in [-0.25, -0.2) is 0 Å². The van der Waals surface area contributed by atoms with Crippen molar-refractivity contribution in [2.75, 3.05) is 0 Å². The predicted molar refractivity (Wildman–Crippen MR) is 80.0 cm³/mol. The quantitative estimate of drug-likeness (QED) is 0.901. The predicted octanol–water partition coefficient (Wildman–Crippen LogP) is 3.53. The first kappa shape index (κ1) is 11.3. The van der Waals surface area contributed by atoms with Crippen LogP contribution in [0.4, 0.5) is 0 Å². The van der Waals surface area contributed by atoms with Crippen LogP contribution in [0.2, 0.25) is 0 Å². The topological polar surface area (TPSA) is 38.9 Å². The zero-order chi connectivity index (χ0) is 13.3. The second-order valence-corrected chi connectivity index (χ2v) is 7.05. The largest absolute Gasteiger partial charge is 0.324 e. The number of benzene rings is 1. The molecule has 2 aromatic rings. The summed E-state index contributed by atoms with van der Waals surface area (Å²) in [5.41, 5.74) is 8.99. The summed E-state index contributed by atoms with van der Waals surface area (Å²) in [6.07, 6.45) is 6.29. The summed E-state index contributed by atoms with van der Waals surface area (Å²) in [7, 11) is 0. The van der Waals surface area contributed by atoms with E-state index in [0.717, 1.165) is 35.1 Å². The van der Waals surface area contributed by atoms with Gasteiger partial charge in [0.2, 0.25) is 0 Å². The molecule has 2 heteroatoms. The average Bonchev–Trinajstić information content (AvgIpc) is 2.93. The molecule has 1 aromatic heterocycles. The van der Waals surface area contributed by atoms with Gasteiger partial charge in [0.1, 0.15) is 0 Å². The molecule has 0 radical (unpaired) electrons. The lowest BCUT2D eigenvalue weighted by Gasteiger charge is -2.17. The standard InChI is InChI=1S/C18H20N2/c19-18(17-15-11-3-4-12(9-11)16(15)17)13-5-6-14-10(8-13)2-1-7-20-14/h1-2,5-8,11-12,15-18H,3-4,9,19H2. The summed E-state index contributed by atoms with van der Waals surface area (Å²) in [5, 5.41) is 1.22. The van der Waals surface area contributed by atoms with E-state index in [1.54, 1.807) is 0 Å². The molecule has 2 bridgehead atoms. The summed E-state index contributed by atoms with van der Waals surface area (Å²) in [6.45, 7) is 0. The highest BCUT2D eigenvalue weighted by Gasteiger charge is 2.66. The molecule has 5 rings (SSSR count). The average molecular weight is 264 g/mol. The van der Waals surface area contributed by atoms with Crippen LogP contribution in [0.15, 0.2) is 36.5 Å². The second kappa shape index (κ2) is 3.82. The minimum Gasteiger partial charge on any atom is -0.324 e. The van der Waals surface area contributed by atoms with Crippen molar-refractivity contribution in [1.29, 1.82) is 0 Å². The lowest BCUT2D eigenvalue weighted by molar-refractivity contribution is 0.418. The van der Waals surface area contributed by atoms with E-state index in [9.17, 15) is 0 Å². The van der Waals surface area contributed by atoms with Gasteiger partial charge in [-0.15, -0.1) is 0 Å². The Hall–Kier alpha value is -1.41. The second-order valence-electron chi connectivity index (χ2n) is 7.05. The molecule has 2 nitrogen and oxygen atoms in total. The molecule has 3 aliphatic carbocycles. The summed E-state index contributed by atoms with van der Waals surface area (Å²) in [4.78, 5) is 4.39. The van der Waals surface area contributed by atoms with Crippen LogP contribution in [0.3, 0.4) is 0 Å². The number of nitrogens with two attached hydrogens (primary N) is 1. The highest BCUT2D eigenvalue weighted by Crippen LogP contribution is 2.71. The van der Waals surface area contributed by atoms with E-state index in [-0.39, 0.29) is 6.04 Å². The molecule has 3 aliphatic rings. The third-order valence-corrected chi connectivity index (χ3v) is 6.22. The first-order valence-electron chi connectivity index (χ1n) is 7.93. The Kier molecular flexibility index (Phi) is 2.15. The molecule has 102 valence electrons. The highest BCUT2D eigenvalue weighted by molar-refractivity contribution is 5.79. The van der Waals surface area contributed by atoms with E-state index in [1.165, 1.54) is 30.2 Å². The van der Waals surface area contributed by atoms with Gasteiger partial charge in [-0.2, -0.15) is 0 Å². The minimum absolute atomic E-state index is 0.234. The fraction of sp³-hybridized carbons (Fsp3) is 0.500. The van der Waals surface area contributed by atoms with Crippen molar-refractivity contribution < 1.29 is 0 Å². The Morgan fingerprint density at radius 2 is 1.90 bits per heavy atom. The van der Waals surface area contributed by atoms with Gasteiger partial charge < -0.3 is 5.73 Å². The van der Waals surface area contributed by atoms with Crippen LogP contribution in [-0.2, 0) is 0 Å². The number of nitrogens with zero attached hydrogens (tertiary/aromatic N) is 1. The van der Waals surface area contributed by atoms with E-state index < -0.39 is 0 Å². The van der Waals surface area contributed by atoms with Crippen molar-refractivity contribution in [2.24, 2.45) is 35.3 Å². The van der Waals surface area contributed by atoms with Crippen molar-refractivity contribution in [1.82, 2.24) is 4.98 Å². The summed E-state index contributed by atoms with van der Waals surface area (Å²) < 4.78 is 0. The number of rotatable bonds is 2. The lowest BCUT2D eigenvalue weighted by atomic mass is 9.93. The maximum atomic E-state index is 6.61. The summed E-state index contributed by atoms with van der Waals surface area (Å²) in [5.74, 6) is 4.67. The number of hydrogen-bond donors (Lipinski definition) is 1. The number of aromatic nitrogens is 1. The highest BCUT2D eigenvalue weighted by atomic mass is 14.8. The number of hydrogen-bond acceptors (Lipinski definition) is 2. The van der Waals surface area contributed by atoms with E-state index in [0.29, 0.717) is 0 Å². The Morgan fingerprint density at radius 1 is 1.10 bits per heavy atom. The van der Waals surface area contributed by atoms with Crippen LogP contribution in [0.25, 0.3) is 10.9 Å². The van der Waals surface area contributed by atoms with Gasteiger partial charge in [0, 0.05) is 17.6 Å². The van der Waals surface area contributed by atoms with Crippen molar-refractivity contribution in [2.45, 2.75) is 25.3 Å². The third kappa shape index (κ3) is 1.40. The van der Waals surface area contributed by atoms with Gasteiger partial charge in [0.05, 0.1) is 5.52 Å².